The second-order valence-corrected chi connectivity index (χ2v) is 8.91. The SMILES string of the molecule is C.C.CC(C)OC(=O)c1cnc(Cl)nc1-n1ccc2ccccc21.CC(C)OC(=O)c1cnc(Cl)nc1Cl. The number of carbonyl (C=O) groups is 2. The summed E-state index contributed by atoms with van der Waals surface area (Å²) in [6.07, 6.45) is 4.04. The fraction of sp³-hybridized carbons (Fsp3) is 0.308. The van der Waals surface area contributed by atoms with Crippen molar-refractivity contribution in [3.05, 3.63) is 75.8 Å². The van der Waals surface area contributed by atoms with E-state index < -0.39 is 11.9 Å². The molecule has 0 radical (unpaired) electrons. The van der Waals surface area contributed by atoms with Gasteiger partial charge in [0.1, 0.15) is 16.3 Å². The predicted molar refractivity (Wildman–Crippen MR) is 150 cm³/mol. The van der Waals surface area contributed by atoms with Crippen LogP contribution < -0.4 is 0 Å². The predicted octanol–water partition coefficient (Wildman–Crippen LogP) is 7.26. The first-order valence-corrected chi connectivity index (χ1v) is 11.9. The van der Waals surface area contributed by atoms with E-state index >= 15 is 0 Å². The zero-order valence-corrected chi connectivity index (χ0v) is 22.0. The van der Waals surface area contributed by atoms with E-state index in [1.165, 1.54) is 12.4 Å². The fourth-order valence-corrected chi connectivity index (χ4v) is 3.49. The van der Waals surface area contributed by atoms with Crippen molar-refractivity contribution >= 4 is 57.6 Å². The minimum atomic E-state index is -0.554. The molecule has 0 aliphatic heterocycles. The summed E-state index contributed by atoms with van der Waals surface area (Å²) in [6.45, 7) is 7.06. The number of aromatic nitrogens is 5. The normalized spacial score (nSPS) is 10.2. The smallest absolute Gasteiger partial charge is 0.343 e. The van der Waals surface area contributed by atoms with Gasteiger partial charge in [-0.15, -0.1) is 0 Å². The quantitative estimate of drug-likeness (QED) is 0.137. The Morgan fingerprint density at radius 2 is 1.32 bits per heavy atom. The summed E-state index contributed by atoms with van der Waals surface area (Å²) in [7, 11) is 0. The van der Waals surface area contributed by atoms with Crippen LogP contribution in [0.2, 0.25) is 15.7 Å². The van der Waals surface area contributed by atoms with Crippen molar-refractivity contribution in [3.8, 4) is 5.82 Å². The molecule has 0 N–H and O–H groups in total. The lowest BCUT2D eigenvalue weighted by Crippen LogP contribution is -2.15. The van der Waals surface area contributed by atoms with Gasteiger partial charge in [0.15, 0.2) is 5.82 Å². The topological polar surface area (TPSA) is 109 Å². The molecule has 0 amide bonds. The highest BCUT2D eigenvalue weighted by atomic mass is 35.5. The summed E-state index contributed by atoms with van der Waals surface area (Å²) in [5.74, 6) is -0.618. The molecule has 3 heterocycles. The summed E-state index contributed by atoms with van der Waals surface area (Å²) in [4.78, 5) is 39.0. The van der Waals surface area contributed by atoms with Gasteiger partial charge >= 0.3 is 11.9 Å². The lowest BCUT2D eigenvalue weighted by molar-refractivity contribution is 0.0366. The van der Waals surface area contributed by atoms with Crippen LogP contribution in [0.5, 0.6) is 0 Å². The maximum absolute atomic E-state index is 12.3. The molecule has 4 aromatic rings. The van der Waals surface area contributed by atoms with Crippen LogP contribution in [0.15, 0.2) is 48.9 Å². The number of halogens is 3. The van der Waals surface area contributed by atoms with E-state index in [9.17, 15) is 9.59 Å². The molecule has 0 aliphatic carbocycles. The van der Waals surface area contributed by atoms with Crippen LogP contribution in [0.25, 0.3) is 16.7 Å². The number of rotatable bonds is 5. The number of hydrogen-bond donors (Lipinski definition) is 0. The van der Waals surface area contributed by atoms with Gasteiger partial charge in [-0.25, -0.2) is 24.5 Å². The van der Waals surface area contributed by atoms with Crippen LogP contribution in [-0.4, -0.2) is 48.6 Å². The molecule has 12 heteroatoms. The van der Waals surface area contributed by atoms with Gasteiger partial charge in [-0.1, -0.05) is 44.7 Å². The molecule has 0 atom stereocenters. The maximum Gasteiger partial charge on any atom is 0.343 e. The van der Waals surface area contributed by atoms with E-state index in [4.69, 9.17) is 44.3 Å². The number of para-hydroxylation sites is 1. The Labute approximate surface area is 237 Å². The third-order valence-electron chi connectivity index (χ3n) is 4.41. The molecule has 38 heavy (non-hydrogen) atoms. The van der Waals surface area contributed by atoms with Crippen molar-refractivity contribution in [2.45, 2.75) is 54.8 Å². The maximum atomic E-state index is 12.3. The van der Waals surface area contributed by atoms with Gasteiger partial charge < -0.3 is 14.0 Å². The van der Waals surface area contributed by atoms with Crippen LogP contribution in [0, 0.1) is 0 Å². The number of ether oxygens (including phenoxy) is 2. The van der Waals surface area contributed by atoms with Gasteiger partial charge in [-0.05, 0) is 68.4 Å². The van der Waals surface area contributed by atoms with Crippen LogP contribution in [-0.2, 0) is 9.47 Å². The highest BCUT2D eigenvalue weighted by Gasteiger charge is 2.19. The van der Waals surface area contributed by atoms with Gasteiger partial charge in [-0.2, -0.15) is 4.98 Å². The second kappa shape index (κ2) is 14.6. The van der Waals surface area contributed by atoms with Crippen molar-refractivity contribution in [2.24, 2.45) is 0 Å². The molecule has 9 nitrogen and oxygen atoms in total. The summed E-state index contributed by atoms with van der Waals surface area (Å²) in [5, 5.41) is 1.11. The van der Waals surface area contributed by atoms with E-state index in [1.54, 1.807) is 32.3 Å². The number of carbonyl (C=O) groups excluding carboxylic acids is 2. The highest BCUT2D eigenvalue weighted by Crippen LogP contribution is 2.23. The number of nitrogens with zero attached hydrogens (tertiary/aromatic N) is 5. The average Bonchev–Trinajstić information content (AvgIpc) is 3.22. The van der Waals surface area contributed by atoms with Gasteiger partial charge in [0.2, 0.25) is 10.6 Å². The third-order valence-corrected chi connectivity index (χ3v) is 5.06. The van der Waals surface area contributed by atoms with Gasteiger partial charge in [0.25, 0.3) is 0 Å². The molecule has 0 spiro atoms. The minimum Gasteiger partial charge on any atom is -0.459 e. The van der Waals surface area contributed by atoms with Gasteiger partial charge in [-0.3, -0.25) is 0 Å². The molecule has 0 bridgehead atoms. The molecule has 204 valence electrons. The van der Waals surface area contributed by atoms with Crippen molar-refractivity contribution < 1.29 is 19.1 Å². The van der Waals surface area contributed by atoms with E-state index in [0.29, 0.717) is 5.82 Å². The molecule has 0 saturated heterocycles. The van der Waals surface area contributed by atoms with Crippen LogP contribution >= 0.6 is 34.8 Å². The van der Waals surface area contributed by atoms with Gasteiger partial charge in [0, 0.05) is 18.6 Å². The van der Waals surface area contributed by atoms with E-state index in [-0.39, 0.29) is 53.9 Å². The average molecular weight is 583 g/mol. The first-order chi connectivity index (χ1) is 17.1. The van der Waals surface area contributed by atoms with Crippen molar-refractivity contribution in [3.63, 3.8) is 0 Å². The molecule has 1 aromatic carbocycles. The minimum absolute atomic E-state index is 0. The Morgan fingerprint density at radius 3 is 1.89 bits per heavy atom. The number of hydrogen-bond acceptors (Lipinski definition) is 8. The third kappa shape index (κ3) is 8.37. The van der Waals surface area contributed by atoms with E-state index in [0.717, 1.165) is 10.9 Å². The number of fused-ring (bicyclic) bond motifs is 1. The molecule has 0 saturated carbocycles. The molecule has 0 unspecified atom stereocenters. The van der Waals surface area contributed by atoms with Crippen LogP contribution in [0.1, 0.15) is 63.3 Å². The first-order valence-electron chi connectivity index (χ1n) is 10.8. The molecule has 0 aliphatic rings. The van der Waals surface area contributed by atoms with Crippen molar-refractivity contribution in [2.75, 3.05) is 0 Å². The molecular formula is C26H30Cl3N5O4. The number of benzene rings is 1. The lowest BCUT2D eigenvalue weighted by atomic mass is 10.2. The summed E-state index contributed by atoms with van der Waals surface area (Å²) in [6, 6.07) is 9.76. The standard InChI is InChI=1S/C16H14ClN3O2.C8H8Cl2N2O2.2CH4/c1-10(2)22-15(21)12-9-18-16(17)19-14(12)20-8-7-11-5-3-4-6-13(11)20;1-4(2)14-7(13)5-3-11-8(10)12-6(5)9;;/h3-10H,1-2H3;3-4H,1-2H3;2*1H4. The van der Waals surface area contributed by atoms with Crippen LogP contribution in [0.3, 0.4) is 0 Å². The second-order valence-electron chi connectivity index (χ2n) is 7.87. The lowest BCUT2D eigenvalue weighted by Gasteiger charge is -2.12. The zero-order chi connectivity index (χ0) is 26.4. The monoisotopic (exact) mass is 581 g/mol. The van der Waals surface area contributed by atoms with Crippen molar-refractivity contribution in [1.29, 1.82) is 0 Å². The van der Waals surface area contributed by atoms with Gasteiger partial charge in [0.05, 0.1) is 17.7 Å². The zero-order valence-electron chi connectivity index (χ0n) is 19.8. The Kier molecular flexibility index (Phi) is 12.6. The largest absolute Gasteiger partial charge is 0.459 e. The molecule has 0 fully saturated rings. The summed E-state index contributed by atoms with van der Waals surface area (Å²) >= 11 is 17.0. The van der Waals surface area contributed by atoms with E-state index in [2.05, 4.69) is 19.9 Å². The Balaban J connectivity index is 0.000000396. The Bertz CT molecular complexity index is 1390. The first kappa shape index (κ1) is 32.8. The summed E-state index contributed by atoms with van der Waals surface area (Å²) < 4.78 is 12.0. The molecular weight excluding hydrogens is 553 g/mol. The van der Waals surface area contributed by atoms with E-state index in [1.807, 2.05) is 36.5 Å². The van der Waals surface area contributed by atoms with Crippen molar-refractivity contribution in [1.82, 2.24) is 24.5 Å². The Hall–Kier alpha value is -3.27. The van der Waals surface area contributed by atoms with Crippen LogP contribution in [0.4, 0.5) is 0 Å². The highest BCUT2D eigenvalue weighted by molar-refractivity contribution is 6.33. The molecule has 3 aromatic heterocycles. The Morgan fingerprint density at radius 1 is 0.789 bits per heavy atom. The number of esters is 2. The fourth-order valence-electron chi connectivity index (χ4n) is 2.98. The summed E-state index contributed by atoms with van der Waals surface area (Å²) in [5.41, 5.74) is 1.32. The molecule has 4 rings (SSSR count).